The van der Waals surface area contributed by atoms with E-state index in [-0.39, 0.29) is 23.4 Å². The minimum absolute atomic E-state index is 0.0151. The average molecular weight is 461 g/mol. The van der Waals surface area contributed by atoms with Crippen molar-refractivity contribution in [2.45, 2.75) is 26.4 Å². The van der Waals surface area contributed by atoms with Gasteiger partial charge in [-0.2, -0.15) is 0 Å². The monoisotopic (exact) mass is 460 g/mol. The first-order chi connectivity index (χ1) is 16.4. The van der Waals surface area contributed by atoms with E-state index in [1.165, 1.54) is 23.1 Å². The van der Waals surface area contributed by atoms with Gasteiger partial charge in [0.25, 0.3) is 11.7 Å². The molecule has 174 valence electrons. The predicted molar refractivity (Wildman–Crippen MR) is 125 cm³/mol. The number of benzene rings is 2. The summed E-state index contributed by atoms with van der Waals surface area (Å²) in [6.07, 6.45) is 1.58. The summed E-state index contributed by atoms with van der Waals surface area (Å²) >= 11 is 0. The summed E-state index contributed by atoms with van der Waals surface area (Å²) in [4.78, 5) is 31.7. The van der Waals surface area contributed by atoms with Crippen molar-refractivity contribution in [3.63, 3.8) is 0 Å². The van der Waals surface area contributed by atoms with Gasteiger partial charge in [0.05, 0.1) is 30.5 Å². The highest BCUT2D eigenvalue weighted by Gasteiger charge is 2.47. The van der Waals surface area contributed by atoms with Gasteiger partial charge in [-0.25, -0.2) is 4.39 Å². The molecule has 3 aromatic rings. The molecule has 7 heteroatoms. The first kappa shape index (κ1) is 23.2. The highest BCUT2D eigenvalue weighted by atomic mass is 19.1. The minimum Gasteiger partial charge on any atom is -0.507 e. The number of halogens is 1. The SMILES string of the molecule is CC(C)COc1cccc(/C(O)=C2/C(=O)C(=O)N(Cc3ccccn3)C2c2ccccc2F)c1. The topological polar surface area (TPSA) is 79.7 Å². The summed E-state index contributed by atoms with van der Waals surface area (Å²) in [6, 6.07) is 16.7. The molecule has 1 N–H and O–H groups in total. The number of rotatable bonds is 7. The second-order valence-corrected chi connectivity index (χ2v) is 8.50. The van der Waals surface area contributed by atoms with Crippen LogP contribution in [-0.2, 0) is 16.1 Å². The second-order valence-electron chi connectivity index (χ2n) is 8.50. The maximum Gasteiger partial charge on any atom is 0.296 e. The maximum absolute atomic E-state index is 14.9. The average Bonchev–Trinajstić information content (AvgIpc) is 3.08. The molecule has 1 aromatic heterocycles. The number of likely N-dealkylation sites (tertiary alicyclic amines) is 1. The third-order valence-corrected chi connectivity index (χ3v) is 5.49. The van der Waals surface area contributed by atoms with Gasteiger partial charge in [0.2, 0.25) is 0 Å². The number of pyridine rings is 1. The Morgan fingerprint density at radius 1 is 1.09 bits per heavy atom. The Morgan fingerprint density at radius 2 is 1.85 bits per heavy atom. The highest BCUT2D eigenvalue weighted by Crippen LogP contribution is 2.41. The second kappa shape index (κ2) is 9.87. The largest absolute Gasteiger partial charge is 0.507 e. The van der Waals surface area contributed by atoms with Crippen LogP contribution in [0, 0.1) is 11.7 Å². The number of Topliss-reactive ketones (excluding diaryl/α,β-unsaturated/α-hetero) is 1. The number of carbonyl (C=O) groups excluding carboxylic acids is 2. The molecule has 4 rings (SSSR count). The molecule has 2 aromatic carbocycles. The van der Waals surface area contributed by atoms with E-state index in [0.29, 0.717) is 29.5 Å². The number of aliphatic hydroxyl groups is 1. The molecule has 0 bridgehead atoms. The Labute approximate surface area is 197 Å². The van der Waals surface area contributed by atoms with E-state index in [0.717, 1.165) is 0 Å². The van der Waals surface area contributed by atoms with Gasteiger partial charge in [0.15, 0.2) is 0 Å². The van der Waals surface area contributed by atoms with Gasteiger partial charge in [-0.15, -0.1) is 0 Å². The van der Waals surface area contributed by atoms with Crippen molar-refractivity contribution in [3.8, 4) is 5.75 Å². The van der Waals surface area contributed by atoms with Crippen molar-refractivity contribution in [1.29, 1.82) is 0 Å². The van der Waals surface area contributed by atoms with E-state index in [1.54, 1.807) is 54.7 Å². The number of hydrogen-bond acceptors (Lipinski definition) is 5. The van der Waals surface area contributed by atoms with Crippen molar-refractivity contribution in [2.75, 3.05) is 6.61 Å². The number of aromatic nitrogens is 1. The summed E-state index contributed by atoms with van der Waals surface area (Å²) in [5.74, 6) is -1.86. The third-order valence-electron chi connectivity index (χ3n) is 5.49. The van der Waals surface area contributed by atoms with Crippen LogP contribution in [-0.4, -0.2) is 33.3 Å². The summed E-state index contributed by atoms with van der Waals surface area (Å²) < 4.78 is 20.6. The number of ether oxygens (including phenoxy) is 1. The van der Waals surface area contributed by atoms with Gasteiger partial charge >= 0.3 is 0 Å². The molecule has 1 aliphatic rings. The number of amides is 1. The van der Waals surface area contributed by atoms with Gasteiger partial charge in [0.1, 0.15) is 17.3 Å². The van der Waals surface area contributed by atoms with Crippen molar-refractivity contribution >= 4 is 17.4 Å². The number of carbonyl (C=O) groups is 2. The van der Waals surface area contributed by atoms with Crippen molar-refractivity contribution in [1.82, 2.24) is 9.88 Å². The zero-order valence-corrected chi connectivity index (χ0v) is 18.9. The Morgan fingerprint density at radius 3 is 2.56 bits per heavy atom. The molecule has 2 heterocycles. The summed E-state index contributed by atoms with van der Waals surface area (Å²) in [5, 5.41) is 11.2. The van der Waals surface area contributed by atoms with Crippen LogP contribution in [0.1, 0.15) is 36.7 Å². The van der Waals surface area contributed by atoms with Gasteiger partial charge in [-0.05, 0) is 36.2 Å². The molecule has 34 heavy (non-hydrogen) atoms. The van der Waals surface area contributed by atoms with E-state index >= 15 is 0 Å². The quantitative estimate of drug-likeness (QED) is 0.309. The van der Waals surface area contributed by atoms with E-state index in [4.69, 9.17) is 4.74 Å². The molecule has 0 aliphatic carbocycles. The number of aliphatic hydroxyl groups excluding tert-OH is 1. The summed E-state index contributed by atoms with van der Waals surface area (Å²) in [5.41, 5.74) is 0.784. The van der Waals surface area contributed by atoms with E-state index in [9.17, 15) is 19.1 Å². The zero-order valence-electron chi connectivity index (χ0n) is 18.9. The van der Waals surface area contributed by atoms with Crippen LogP contribution in [0.4, 0.5) is 4.39 Å². The molecule has 1 unspecified atom stereocenters. The van der Waals surface area contributed by atoms with Gasteiger partial charge in [-0.1, -0.05) is 50.2 Å². The Hall–Kier alpha value is -4.00. The lowest BCUT2D eigenvalue weighted by molar-refractivity contribution is -0.140. The van der Waals surface area contributed by atoms with E-state index in [2.05, 4.69) is 4.98 Å². The molecule has 6 nitrogen and oxygen atoms in total. The summed E-state index contributed by atoms with van der Waals surface area (Å²) in [6.45, 7) is 4.50. The lowest BCUT2D eigenvalue weighted by Gasteiger charge is -2.25. The molecule has 1 saturated heterocycles. The zero-order chi connectivity index (χ0) is 24.2. The van der Waals surface area contributed by atoms with E-state index < -0.39 is 23.5 Å². The van der Waals surface area contributed by atoms with Crippen LogP contribution in [0.25, 0.3) is 5.76 Å². The van der Waals surface area contributed by atoms with Gasteiger partial charge in [-0.3, -0.25) is 14.6 Å². The molecule has 0 radical (unpaired) electrons. The Balaban J connectivity index is 1.82. The highest BCUT2D eigenvalue weighted by molar-refractivity contribution is 6.46. The first-order valence-corrected chi connectivity index (χ1v) is 11.0. The lowest BCUT2D eigenvalue weighted by atomic mass is 9.95. The number of nitrogens with zero attached hydrogens (tertiary/aromatic N) is 2. The fourth-order valence-electron chi connectivity index (χ4n) is 3.88. The van der Waals surface area contributed by atoms with Gasteiger partial charge in [0, 0.05) is 17.3 Å². The molecule has 1 aliphatic heterocycles. The molecule has 0 saturated carbocycles. The van der Waals surface area contributed by atoms with Crippen LogP contribution < -0.4 is 4.74 Å². The lowest BCUT2D eigenvalue weighted by Crippen LogP contribution is -2.30. The minimum atomic E-state index is -1.11. The van der Waals surface area contributed by atoms with Crippen LogP contribution in [0.15, 0.2) is 78.5 Å². The molecule has 1 amide bonds. The Kier molecular flexibility index (Phi) is 6.72. The fraction of sp³-hybridized carbons (Fsp3) is 0.222. The third kappa shape index (κ3) is 4.69. The smallest absolute Gasteiger partial charge is 0.296 e. The predicted octanol–water partition coefficient (Wildman–Crippen LogP) is 4.88. The number of ketones is 1. The molecule has 1 fully saturated rings. The molecular formula is C27H25FN2O4. The van der Waals surface area contributed by atoms with Crippen molar-refractivity contribution in [3.05, 3.63) is 101 Å². The fourth-order valence-corrected chi connectivity index (χ4v) is 3.88. The van der Waals surface area contributed by atoms with Crippen molar-refractivity contribution < 1.29 is 23.8 Å². The van der Waals surface area contributed by atoms with Crippen LogP contribution in [0.2, 0.25) is 0 Å². The summed E-state index contributed by atoms with van der Waals surface area (Å²) in [7, 11) is 0. The molecular weight excluding hydrogens is 435 g/mol. The molecule has 1 atom stereocenters. The molecule has 0 spiro atoms. The van der Waals surface area contributed by atoms with E-state index in [1.807, 2.05) is 13.8 Å². The standard InChI is InChI=1S/C27H25FN2O4/c1-17(2)16-34-20-10-7-8-18(14-20)25(31)23-24(21-11-3-4-12-22(21)28)30(27(33)26(23)32)15-19-9-5-6-13-29-19/h3-14,17,24,31H,15-16H2,1-2H3/b25-23-. The van der Waals surface area contributed by atoms with Crippen LogP contribution in [0.5, 0.6) is 5.75 Å². The van der Waals surface area contributed by atoms with Crippen LogP contribution in [0.3, 0.4) is 0 Å². The number of hydrogen-bond donors (Lipinski definition) is 1. The first-order valence-electron chi connectivity index (χ1n) is 11.0. The normalized spacial score (nSPS) is 17.4. The van der Waals surface area contributed by atoms with Gasteiger partial charge < -0.3 is 14.7 Å². The van der Waals surface area contributed by atoms with Crippen molar-refractivity contribution in [2.24, 2.45) is 5.92 Å². The maximum atomic E-state index is 14.9. The van der Waals surface area contributed by atoms with Crippen LogP contribution >= 0.6 is 0 Å². The Bertz CT molecular complexity index is 1240.